The summed E-state index contributed by atoms with van der Waals surface area (Å²) < 4.78 is 3.99. The molecule has 0 aromatic heterocycles. The van der Waals surface area contributed by atoms with Gasteiger partial charge in [0.1, 0.15) is 6.04 Å². The van der Waals surface area contributed by atoms with Crippen molar-refractivity contribution in [2.45, 2.75) is 61.6 Å². The van der Waals surface area contributed by atoms with E-state index in [1.54, 1.807) is 9.80 Å². The van der Waals surface area contributed by atoms with E-state index in [9.17, 15) is 19.5 Å². The summed E-state index contributed by atoms with van der Waals surface area (Å²) in [5, 5.41) is 10.8. The normalized spacial score (nSPS) is 32.2. The summed E-state index contributed by atoms with van der Waals surface area (Å²) in [7, 11) is 0. The van der Waals surface area contributed by atoms with Gasteiger partial charge in [-0.2, -0.15) is 0 Å². The SMILES string of the molecule is Cc1cccc(C)c1N1CC=C[C@]23S[C@@]4(C)/C=C\CCCOC(=O)[C@H]4[C@H]2C(=O)N([C@@H](CO)Cc2ccccc2)C3C1=O. The van der Waals surface area contributed by atoms with Crippen molar-refractivity contribution < 1.29 is 24.2 Å². The number of allylic oxidation sites excluding steroid dienone is 1. The second-order valence-corrected chi connectivity index (χ2v) is 13.9. The van der Waals surface area contributed by atoms with E-state index in [0.29, 0.717) is 19.6 Å². The number of thioether (sulfide) groups is 1. The molecule has 42 heavy (non-hydrogen) atoms. The van der Waals surface area contributed by atoms with Crippen molar-refractivity contribution in [3.63, 3.8) is 0 Å². The number of rotatable bonds is 5. The van der Waals surface area contributed by atoms with Crippen molar-refractivity contribution in [2.24, 2.45) is 11.8 Å². The summed E-state index contributed by atoms with van der Waals surface area (Å²) in [6, 6.07) is 14.1. The first-order chi connectivity index (χ1) is 20.2. The summed E-state index contributed by atoms with van der Waals surface area (Å²) in [6.45, 7) is 6.31. The van der Waals surface area contributed by atoms with Crippen molar-refractivity contribution in [1.82, 2.24) is 4.90 Å². The smallest absolute Gasteiger partial charge is 0.311 e. The average molecular weight is 587 g/mol. The number of cyclic esters (lactones) is 1. The van der Waals surface area contributed by atoms with E-state index in [1.165, 1.54) is 11.8 Å². The Hall–Kier alpha value is -3.36. The van der Waals surface area contributed by atoms with Crippen LogP contribution in [0.2, 0.25) is 0 Å². The molecule has 6 atom stereocenters. The number of amides is 2. The molecule has 1 N–H and O–H groups in total. The highest BCUT2D eigenvalue weighted by Gasteiger charge is 2.74. The van der Waals surface area contributed by atoms with Crippen LogP contribution in [0.15, 0.2) is 72.8 Å². The molecule has 220 valence electrons. The Morgan fingerprint density at radius 3 is 2.43 bits per heavy atom. The van der Waals surface area contributed by atoms with Gasteiger partial charge in [-0.3, -0.25) is 14.4 Å². The van der Waals surface area contributed by atoms with Crippen LogP contribution < -0.4 is 4.90 Å². The van der Waals surface area contributed by atoms with Gasteiger partial charge in [-0.1, -0.05) is 72.8 Å². The van der Waals surface area contributed by atoms with E-state index in [4.69, 9.17) is 4.74 Å². The third-order valence-corrected chi connectivity index (χ3v) is 11.1. The third kappa shape index (κ3) is 4.51. The topological polar surface area (TPSA) is 87.2 Å². The number of carbonyl (C=O) groups is 3. The molecular formula is C34H38N2O5S. The van der Waals surface area contributed by atoms with Gasteiger partial charge in [-0.15, -0.1) is 11.8 Å². The quantitative estimate of drug-likeness (QED) is 0.413. The molecule has 4 heterocycles. The molecule has 1 spiro atoms. The van der Waals surface area contributed by atoms with Crippen molar-refractivity contribution >= 4 is 35.2 Å². The van der Waals surface area contributed by atoms with Crippen molar-refractivity contribution in [3.05, 3.63) is 89.5 Å². The van der Waals surface area contributed by atoms with Crippen LogP contribution in [0.1, 0.15) is 36.5 Å². The summed E-state index contributed by atoms with van der Waals surface area (Å²) in [6.07, 6.45) is 10.0. The number of aliphatic hydroxyl groups is 1. The minimum Gasteiger partial charge on any atom is -0.465 e. The molecule has 0 bridgehead atoms. The number of aryl methyl sites for hydroxylation is 2. The lowest BCUT2D eigenvalue weighted by Crippen LogP contribution is -2.57. The van der Waals surface area contributed by atoms with E-state index >= 15 is 0 Å². The van der Waals surface area contributed by atoms with Crippen molar-refractivity contribution in [2.75, 3.05) is 24.7 Å². The van der Waals surface area contributed by atoms with Gasteiger partial charge in [0.2, 0.25) is 5.91 Å². The van der Waals surface area contributed by atoms with Crippen LogP contribution in [0.5, 0.6) is 0 Å². The first-order valence-corrected chi connectivity index (χ1v) is 15.6. The summed E-state index contributed by atoms with van der Waals surface area (Å²) in [4.78, 5) is 46.8. The second kappa shape index (κ2) is 11.0. The number of benzene rings is 2. The molecule has 2 fully saturated rings. The predicted octanol–water partition coefficient (Wildman–Crippen LogP) is 4.39. The van der Waals surface area contributed by atoms with Gasteiger partial charge in [0.05, 0.1) is 35.8 Å². The van der Waals surface area contributed by atoms with Crippen LogP contribution in [0.25, 0.3) is 0 Å². The second-order valence-electron chi connectivity index (χ2n) is 12.1. The molecule has 1 unspecified atom stereocenters. The number of ether oxygens (including phenoxy) is 1. The van der Waals surface area contributed by atoms with E-state index in [0.717, 1.165) is 35.2 Å². The van der Waals surface area contributed by atoms with Gasteiger partial charge < -0.3 is 19.6 Å². The number of nitrogens with zero attached hydrogens (tertiary/aromatic N) is 2. The maximum atomic E-state index is 14.9. The Bertz CT molecular complexity index is 1440. The monoisotopic (exact) mass is 586 g/mol. The van der Waals surface area contributed by atoms with E-state index in [1.807, 2.05) is 81.5 Å². The molecule has 0 aliphatic carbocycles. The fourth-order valence-electron chi connectivity index (χ4n) is 7.54. The number of carbonyl (C=O) groups excluding carboxylic acids is 3. The van der Waals surface area contributed by atoms with Gasteiger partial charge in [0, 0.05) is 17.0 Å². The number of para-hydroxylation sites is 1. The van der Waals surface area contributed by atoms with E-state index in [2.05, 4.69) is 12.2 Å². The standard InChI is InChI=1S/C34H38N2O5S/c1-22-12-10-13-23(2)28(22)35-18-11-17-34-26(27-32(40)41-19-9-5-8-16-33(27,3)42-34)30(38)36(29(34)31(35)39)25(21-37)20-24-14-6-4-7-15-24/h4,6-8,10-17,25-27,29,37H,5,9,18-21H2,1-3H3/b16-8-/t25-,26+,27-,29?,33+,34+/m1/s1. The fourth-order valence-corrected chi connectivity index (χ4v) is 9.68. The number of hydrogen-bond donors (Lipinski definition) is 1. The Balaban J connectivity index is 1.52. The summed E-state index contributed by atoms with van der Waals surface area (Å²) in [5.41, 5.74) is 3.73. The highest BCUT2D eigenvalue weighted by molar-refractivity contribution is 8.02. The maximum Gasteiger partial charge on any atom is 0.311 e. The van der Waals surface area contributed by atoms with Crippen LogP contribution in [0.3, 0.4) is 0 Å². The molecule has 0 saturated carbocycles. The minimum atomic E-state index is -1.01. The summed E-state index contributed by atoms with van der Waals surface area (Å²) in [5.74, 6) is -2.44. The fraction of sp³-hybridized carbons (Fsp3) is 0.441. The van der Waals surface area contributed by atoms with E-state index in [-0.39, 0.29) is 18.4 Å². The number of aliphatic hydroxyl groups excluding tert-OH is 1. The molecule has 4 aliphatic heterocycles. The van der Waals surface area contributed by atoms with Crippen molar-refractivity contribution in [1.29, 1.82) is 0 Å². The molecule has 2 saturated heterocycles. The molecule has 7 nitrogen and oxygen atoms in total. The molecule has 2 aromatic rings. The molecule has 8 heteroatoms. The Kier molecular flexibility index (Phi) is 7.56. The van der Waals surface area contributed by atoms with Crippen LogP contribution in [-0.2, 0) is 25.5 Å². The van der Waals surface area contributed by atoms with Gasteiger partial charge in [-0.25, -0.2) is 0 Å². The molecule has 0 radical (unpaired) electrons. The zero-order valence-corrected chi connectivity index (χ0v) is 25.2. The molecule has 2 aromatic carbocycles. The van der Waals surface area contributed by atoms with Crippen LogP contribution >= 0.6 is 11.8 Å². The van der Waals surface area contributed by atoms with Gasteiger partial charge in [0.15, 0.2) is 0 Å². The molecule has 6 rings (SSSR count). The van der Waals surface area contributed by atoms with Crippen molar-refractivity contribution in [3.8, 4) is 0 Å². The highest BCUT2D eigenvalue weighted by Crippen LogP contribution is 2.65. The lowest BCUT2D eigenvalue weighted by atomic mass is 9.74. The zero-order chi connectivity index (χ0) is 29.6. The van der Waals surface area contributed by atoms with Crippen LogP contribution in [0.4, 0.5) is 5.69 Å². The van der Waals surface area contributed by atoms with Gasteiger partial charge in [-0.05, 0) is 56.7 Å². The largest absolute Gasteiger partial charge is 0.465 e. The van der Waals surface area contributed by atoms with Gasteiger partial charge in [0.25, 0.3) is 5.91 Å². The van der Waals surface area contributed by atoms with Crippen LogP contribution in [-0.4, -0.2) is 69.1 Å². The number of likely N-dealkylation sites (tertiary alicyclic amines) is 1. The lowest BCUT2D eigenvalue weighted by molar-refractivity contribution is -0.154. The number of fused-ring (bicyclic) bond motifs is 2. The number of esters is 1. The minimum absolute atomic E-state index is 0.195. The van der Waals surface area contributed by atoms with Gasteiger partial charge >= 0.3 is 5.97 Å². The lowest BCUT2D eigenvalue weighted by Gasteiger charge is -2.40. The van der Waals surface area contributed by atoms with Crippen LogP contribution in [0, 0.1) is 25.7 Å². The molecular weight excluding hydrogens is 548 g/mol. The first-order valence-electron chi connectivity index (χ1n) is 14.8. The number of hydrogen-bond acceptors (Lipinski definition) is 6. The first kappa shape index (κ1) is 28.7. The maximum absolute atomic E-state index is 14.9. The third-order valence-electron chi connectivity index (χ3n) is 9.32. The highest BCUT2D eigenvalue weighted by atomic mass is 32.2. The van der Waals surface area contributed by atoms with E-state index < -0.39 is 39.4 Å². The number of anilines is 1. The average Bonchev–Trinajstić information content (AvgIpc) is 3.32. The molecule has 2 amide bonds. The Labute approximate surface area is 251 Å². The zero-order valence-electron chi connectivity index (χ0n) is 24.4. The Morgan fingerprint density at radius 1 is 0.976 bits per heavy atom. The summed E-state index contributed by atoms with van der Waals surface area (Å²) >= 11 is 1.53. The predicted molar refractivity (Wildman–Crippen MR) is 164 cm³/mol. The molecule has 4 aliphatic rings. The Morgan fingerprint density at radius 2 is 1.71 bits per heavy atom.